The van der Waals surface area contributed by atoms with Crippen molar-refractivity contribution in [1.82, 2.24) is 5.12 Å². The van der Waals surface area contributed by atoms with Crippen LogP contribution in [-0.4, -0.2) is 19.4 Å². The molecule has 0 bridgehead atoms. The Bertz CT molecular complexity index is 730. The number of nitrogens with one attached hydrogen (secondary N) is 1. The van der Waals surface area contributed by atoms with E-state index in [1.165, 1.54) is 24.3 Å². The quantitative estimate of drug-likeness (QED) is 0.436. The van der Waals surface area contributed by atoms with Gasteiger partial charge in [-0.3, -0.25) is 10.2 Å². The van der Waals surface area contributed by atoms with E-state index < -0.39 is 15.9 Å². The SMILES string of the molecule is NN(Nc1ccc(S(N)(=O)=O)cc1)C(=O)c1ccccc1. The Morgan fingerprint density at radius 3 is 2.10 bits per heavy atom. The molecule has 7 nitrogen and oxygen atoms in total. The Labute approximate surface area is 122 Å². The second kappa shape index (κ2) is 5.92. The average molecular weight is 306 g/mol. The number of amides is 1. The molecule has 0 aliphatic rings. The lowest BCUT2D eigenvalue weighted by atomic mass is 10.2. The molecule has 0 saturated heterocycles. The minimum absolute atomic E-state index is 0.0222. The van der Waals surface area contributed by atoms with Gasteiger partial charge in [0.25, 0.3) is 5.91 Å². The standard InChI is InChI=1S/C13H14N4O3S/c14-17(13(18)10-4-2-1-3-5-10)16-11-6-8-12(9-7-11)21(15,19)20/h1-9,16H,14H2,(H2,15,19,20). The molecule has 0 aromatic heterocycles. The van der Waals surface area contributed by atoms with Crippen molar-refractivity contribution in [3.8, 4) is 0 Å². The predicted molar refractivity (Wildman–Crippen MR) is 78.2 cm³/mol. The zero-order valence-corrected chi connectivity index (χ0v) is 11.7. The summed E-state index contributed by atoms with van der Waals surface area (Å²) in [6.07, 6.45) is 0. The molecule has 0 radical (unpaired) electrons. The first-order chi connectivity index (χ1) is 9.88. The van der Waals surface area contributed by atoms with E-state index in [0.717, 1.165) is 5.12 Å². The van der Waals surface area contributed by atoms with Crippen LogP contribution < -0.4 is 16.4 Å². The minimum Gasteiger partial charge on any atom is -0.281 e. The molecule has 1 amide bonds. The molecule has 0 aliphatic carbocycles. The summed E-state index contributed by atoms with van der Waals surface area (Å²) in [7, 11) is -3.75. The molecule has 0 fully saturated rings. The smallest absolute Gasteiger partial charge is 0.281 e. The molecule has 0 saturated carbocycles. The topological polar surface area (TPSA) is 119 Å². The summed E-state index contributed by atoms with van der Waals surface area (Å²) in [6.45, 7) is 0. The van der Waals surface area contributed by atoms with Gasteiger partial charge in [-0.05, 0) is 36.4 Å². The van der Waals surface area contributed by atoms with Crippen molar-refractivity contribution >= 4 is 21.6 Å². The van der Waals surface area contributed by atoms with Crippen LogP contribution in [0.5, 0.6) is 0 Å². The summed E-state index contributed by atoms with van der Waals surface area (Å²) < 4.78 is 22.3. The number of primary sulfonamides is 1. The number of hydrogen-bond acceptors (Lipinski definition) is 5. The van der Waals surface area contributed by atoms with Gasteiger partial charge in [-0.25, -0.2) is 19.4 Å². The van der Waals surface area contributed by atoms with Crippen molar-refractivity contribution in [2.24, 2.45) is 11.0 Å². The van der Waals surface area contributed by atoms with Gasteiger partial charge in [0.15, 0.2) is 0 Å². The van der Waals surface area contributed by atoms with Crippen molar-refractivity contribution in [3.05, 3.63) is 60.2 Å². The monoisotopic (exact) mass is 306 g/mol. The van der Waals surface area contributed by atoms with E-state index in [1.54, 1.807) is 30.3 Å². The van der Waals surface area contributed by atoms with E-state index >= 15 is 0 Å². The zero-order chi connectivity index (χ0) is 15.5. The van der Waals surface area contributed by atoms with Crippen molar-refractivity contribution in [2.45, 2.75) is 4.90 Å². The molecule has 2 aromatic carbocycles. The highest BCUT2D eigenvalue weighted by Gasteiger charge is 2.12. The fourth-order valence-corrected chi connectivity index (χ4v) is 2.14. The molecule has 21 heavy (non-hydrogen) atoms. The maximum atomic E-state index is 12.0. The number of sulfonamides is 1. The Morgan fingerprint density at radius 2 is 1.57 bits per heavy atom. The highest BCUT2D eigenvalue weighted by Crippen LogP contribution is 2.13. The summed E-state index contributed by atoms with van der Waals surface area (Å²) in [5.74, 6) is 5.21. The van der Waals surface area contributed by atoms with Gasteiger partial charge in [0.2, 0.25) is 10.0 Å². The van der Waals surface area contributed by atoms with E-state index in [4.69, 9.17) is 11.0 Å². The number of rotatable bonds is 4. The van der Waals surface area contributed by atoms with Crippen LogP contribution in [0.4, 0.5) is 5.69 Å². The average Bonchev–Trinajstić information content (AvgIpc) is 2.47. The van der Waals surface area contributed by atoms with Gasteiger partial charge in [0.05, 0.1) is 10.6 Å². The van der Waals surface area contributed by atoms with Gasteiger partial charge in [0.1, 0.15) is 0 Å². The number of hydrazine groups is 2. The van der Waals surface area contributed by atoms with Crippen LogP contribution in [0.2, 0.25) is 0 Å². The Hall–Kier alpha value is -2.42. The van der Waals surface area contributed by atoms with Gasteiger partial charge < -0.3 is 0 Å². The van der Waals surface area contributed by atoms with Gasteiger partial charge >= 0.3 is 0 Å². The van der Waals surface area contributed by atoms with E-state index in [-0.39, 0.29) is 4.90 Å². The van der Waals surface area contributed by atoms with E-state index in [2.05, 4.69) is 5.43 Å². The van der Waals surface area contributed by atoms with E-state index in [0.29, 0.717) is 11.3 Å². The summed E-state index contributed by atoms with van der Waals surface area (Å²) in [5.41, 5.74) is 3.52. The van der Waals surface area contributed by atoms with Gasteiger partial charge in [0, 0.05) is 5.56 Å². The first-order valence-electron chi connectivity index (χ1n) is 5.91. The third kappa shape index (κ3) is 3.78. The lowest BCUT2D eigenvalue weighted by Gasteiger charge is -2.18. The third-order valence-electron chi connectivity index (χ3n) is 2.67. The van der Waals surface area contributed by atoms with Crippen molar-refractivity contribution < 1.29 is 13.2 Å². The maximum Gasteiger partial charge on any atom is 0.286 e. The largest absolute Gasteiger partial charge is 0.286 e. The lowest BCUT2D eigenvalue weighted by molar-refractivity contribution is 0.0793. The Kier molecular flexibility index (Phi) is 4.22. The predicted octanol–water partition coefficient (Wildman–Crippen LogP) is 0.677. The molecular formula is C13H14N4O3S. The third-order valence-corrected chi connectivity index (χ3v) is 3.60. The Balaban J connectivity index is 2.10. The highest BCUT2D eigenvalue weighted by atomic mass is 32.2. The fourth-order valence-electron chi connectivity index (χ4n) is 1.63. The molecule has 5 N–H and O–H groups in total. The molecule has 0 atom stereocenters. The minimum atomic E-state index is -3.75. The van der Waals surface area contributed by atoms with Crippen LogP contribution in [-0.2, 0) is 10.0 Å². The van der Waals surface area contributed by atoms with Crippen LogP contribution >= 0.6 is 0 Å². The van der Waals surface area contributed by atoms with Gasteiger partial charge in [-0.15, -0.1) is 0 Å². The number of nitrogens with zero attached hydrogens (tertiary/aromatic N) is 1. The number of carbonyl (C=O) groups is 1. The van der Waals surface area contributed by atoms with Crippen LogP contribution in [0.15, 0.2) is 59.5 Å². The molecule has 0 unspecified atom stereocenters. The number of hydrogen-bond donors (Lipinski definition) is 3. The summed E-state index contributed by atoms with van der Waals surface area (Å²) in [4.78, 5) is 12.0. The molecule has 2 aromatic rings. The fraction of sp³-hybridized carbons (Fsp3) is 0. The zero-order valence-electron chi connectivity index (χ0n) is 10.9. The van der Waals surface area contributed by atoms with E-state index in [1.807, 2.05) is 0 Å². The number of anilines is 1. The summed E-state index contributed by atoms with van der Waals surface area (Å²) in [5, 5.41) is 5.82. The first-order valence-corrected chi connectivity index (χ1v) is 7.46. The highest BCUT2D eigenvalue weighted by molar-refractivity contribution is 7.89. The number of nitrogens with two attached hydrogens (primary N) is 2. The normalized spacial score (nSPS) is 11.0. The first kappa shape index (κ1) is 15.0. The van der Waals surface area contributed by atoms with Gasteiger partial charge in [-0.2, -0.15) is 5.12 Å². The number of benzene rings is 2. The molecule has 110 valence electrons. The molecular weight excluding hydrogens is 292 g/mol. The molecule has 0 spiro atoms. The van der Waals surface area contributed by atoms with Crippen molar-refractivity contribution in [2.75, 3.05) is 5.43 Å². The maximum absolute atomic E-state index is 12.0. The summed E-state index contributed by atoms with van der Waals surface area (Å²) >= 11 is 0. The van der Waals surface area contributed by atoms with Crippen molar-refractivity contribution in [1.29, 1.82) is 0 Å². The Morgan fingerprint density at radius 1 is 1.00 bits per heavy atom. The number of carbonyl (C=O) groups excluding carboxylic acids is 1. The summed E-state index contributed by atoms with van der Waals surface area (Å²) in [6, 6.07) is 14.1. The van der Waals surface area contributed by atoms with Crippen LogP contribution in [0.3, 0.4) is 0 Å². The van der Waals surface area contributed by atoms with E-state index in [9.17, 15) is 13.2 Å². The molecule has 0 aliphatic heterocycles. The van der Waals surface area contributed by atoms with Crippen LogP contribution in [0.1, 0.15) is 10.4 Å². The second-order valence-corrected chi connectivity index (χ2v) is 5.78. The van der Waals surface area contributed by atoms with Crippen LogP contribution in [0.25, 0.3) is 0 Å². The van der Waals surface area contributed by atoms with Crippen molar-refractivity contribution in [3.63, 3.8) is 0 Å². The lowest BCUT2D eigenvalue weighted by Crippen LogP contribution is -2.42. The second-order valence-electron chi connectivity index (χ2n) is 4.22. The molecule has 0 heterocycles. The molecule has 2 rings (SSSR count). The van der Waals surface area contributed by atoms with Crippen LogP contribution in [0, 0.1) is 0 Å². The van der Waals surface area contributed by atoms with Gasteiger partial charge in [-0.1, -0.05) is 18.2 Å². The molecule has 8 heteroatoms.